The van der Waals surface area contributed by atoms with Gasteiger partial charge in [-0.25, -0.2) is 4.79 Å². The lowest BCUT2D eigenvalue weighted by atomic mass is 10.1. The minimum Gasteiger partial charge on any atom is -0.493 e. The van der Waals surface area contributed by atoms with Crippen molar-refractivity contribution in [2.45, 2.75) is 13.8 Å². The van der Waals surface area contributed by atoms with E-state index in [0.717, 1.165) is 17.4 Å². The van der Waals surface area contributed by atoms with Gasteiger partial charge in [0, 0.05) is 6.08 Å². The molecular formula is C20H21ClO5. The van der Waals surface area contributed by atoms with Gasteiger partial charge >= 0.3 is 5.97 Å². The van der Waals surface area contributed by atoms with E-state index in [1.54, 1.807) is 12.1 Å². The van der Waals surface area contributed by atoms with E-state index in [2.05, 4.69) is 0 Å². The molecule has 26 heavy (non-hydrogen) atoms. The van der Waals surface area contributed by atoms with Gasteiger partial charge in [0.05, 0.1) is 12.1 Å². The summed E-state index contributed by atoms with van der Waals surface area (Å²) in [4.78, 5) is 10.6. The highest BCUT2D eigenvalue weighted by Gasteiger charge is 2.11. The lowest BCUT2D eigenvalue weighted by Crippen LogP contribution is -2.10. The van der Waals surface area contributed by atoms with E-state index >= 15 is 0 Å². The Morgan fingerprint density at radius 1 is 1.12 bits per heavy atom. The Morgan fingerprint density at radius 3 is 2.50 bits per heavy atom. The van der Waals surface area contributed by atoms with Gasteiger partial charge in [-0.05, 0) is 60.9 Å². The van der Waals surface area contributed by atoms with Gasteiger partial charge in [-0.2, -0.15) is 0 Å². The van der Waals surface area contributed by atoms with Crippen LogP contribution >= 0.6 is 11.6 Å². The Balaban J connectivity index is 1.99. The van der Waals surface area contributed by atoms with Crippen molar-refractivity contribution in [3.05, 3.63) is 58.1 Å². The predicted octanol–water partition coefficient (Wildman–Crippen LogP) is 4.52. The molecule has 0 bridgehead atoms. The fraction of sp³-hybridized carbons (Fsp3) is 0.250. The number of benzene rings is 2. The zero-order valence-electron chi connectivity index (χ0n) is 14.9. The van der Waals surface area contributed by atoms with Crippen molar-refractivity contribution in [1.29, 1.82) is 0 Å². The van der Waals surface area contributed by atoms with Crippen LogP contribution in [-0.2, 0) is 4.79 Å². The molecule has 0 radical (unpaired) electrons. The summed E-state index contributed by atoms with van der Waals surface area (Å²) >= 11 is 6.24. The predicted molar refractivity (Wildman–Crippen MR) is 102 cm³/mol. The van der Waals surface area contributed by atoms with Crippen LogP contribution in [0.4, 0.5) is 0 Å². The van der Waals surface area contributed by atoms with Crippen LogP contribution in [-0.4, -0.2) is 31.4 Å². The first-order valence-electron chi connectivity index (χ1n) is 8.02. The van der Waals surface area contributed by atoms with Crippen molar-refractivity contribution < 1.29 is 24.1 Å². The summed E-state index contributed by atoms with van der Waals surface area (Å²) in [5.74, 6) is 0.562. The van der Waals surface area contributed by atoms with E-state index in [9.17, 15) is 4.79 Å². The number of aryl methyl sites for hydroxylation is 2. The summed E-state index contributed by atoms with van der Waals surface area (Å²) in [7, 11) is 1.49. The fourth-order valence-corrected chi connectivity index (χ4v) is 2.52. The molecule has 0 spiro atoms. The molecule has 0 amide bonds. The van der Waals surface area contributed by atoms with Crippen molar-refractivity contribution in [3.63, 3.8) is 0 Å². The van der Waals surface area contributed by atoms with Gasteiger partial charge in [-0.15, -0.1) is 0 Å². The maximum absolute atomic E-state index is 10.6. The average molecular weight is 377 g/mol. The van der Waals surface area contributed by atoms with Crippen LogP contribution < -0.4 is 14.2 Å². The summed E-state index contributed by atoms with van der Waals surface area (Å²) in [5, 5.41) is 9.04. The van der Waals surface area contributed by atoms with Gasteiger partial charge in [0.15, 0.2) is 11.5 Å². The number of aliphatic carboxylic acids is 1. The first kappa shape index (κ1) is 19.7. The van der Waals surface area contributed by atoms with Crippen molar-refractivity contribution in [2.75, 3.05) is 20.3 Å². The minimum atomic E-state index is -1.04. The molecular weight excluding hydrogens is 356 g/mol. The second-order valence-electron chi connectivity index (χ2n) is 5.65. The largest absolute Gasteiger partial charge is 0.493 e. The second-order valence-corrected chi connectivity index (χ2v) is 6.06. The highest BCUT2D eigenvalue weighted by Crippen LogP contribution is 2.36. The van der Waals surface area contributed by atoms with Crippen LogP contribution in [0.3, 0.4) is 0 Å². The van der Waals surface area contributed by atoms with Crippen LogP contribution in [0, 0.1) is 13.8 Å². The number of rotatable bonds is 8. The maximum atomic E-state index is 10.6. The lowest BCUT2D eigenvalue weighted by Gasteiger charge is -2.14. The van der Waals surface area contributed by atoms with E-state index in [0.29, 0.717) is 28.7 Å². The minimum absolute atomic E-state index is 0.285. The van der Waals surface area contributed by atoms with Gasteiger partial charge in [0.25, 0.3) is 0 Å². The zero-order chi connectivity index (χ0) is 19.1. The molecule has 0 aliphatic rings. The van der Waals surface area contributed by atoms with Gasteiger partial charge in [-0.1, -0.05) is 17.7 Å². The van der Waals surface area contributed by atoms with Crippen molar-refractivity contribution in [2.24, 2.45) is 0 Å². The van der Waals surface area contributed by atoms with Crippen LogP contribution in [0.2, 0.25) is 5.02 Å². The molecule has 0 aliphatic carbocycles. The van der Waals surface area contributed by atoms with Crippen molar-refractivity contribution >= 4 is 23.6 Å². The molecule has 0 aliphatic heterocycles. The van der Waals surface area contributed by atoms with Crippen LogP contribution in [0.1, 0.15) is 16.7 Å². The molecule has 0 aromatic heterocycles. The highest BCUT2D eigenvalue weighted by molar-refractivity contribution is 6.32. The van der Waals surface area contributed by atoms with Crippen LogP contribution in [0.25, 0.3) is 6.08 Å². The van der Waals surface area contributed by atoms with E-state index in [4.69, 9.17) is 30.9 Å². The van der Waals surface area contributed by atoms with E-state index in [1.807, 2.05) is 32.0 Å². The fourth-order valence-electron chi connectivity index (χ4n) is 2.25. The van der Waals surface area contributed by atoms with Gasteiger partial charge < -0.3 is 19.3 Å². The number of halogens is 1. The molecule has 0 heterocycles. The summed E-state index contributed by atoms with van der Waals surface area (Å²) in [6.45, 7) is 4.71. The van der Waals surface area contributed by atoms with Crippen molar-refractivity contribution in [1.82, 2.24) is 0 Å². The summed E-state index contributed by atoms with van der Waals surface area (Å²) in [6.07, 6.45) is 2.46. The van der Waals surface area contributed by atoms with Crippen LogP contribution in [0.5, 0.6) is 17.2 Å². The van der Waals surface area contributed by atoms with Gasteiger partial charge in [-0.3, -0.25) is 0 Å². The molecule has 138 valence electrons. The number of hydrogen-bond donors (Lipinski definition) is 1. The quantitative estimate of drug-likeness (QED) is 0.542. The number of carboxylic acids is 1. The molecule has 6 heteroatoms. The summed E-state index contributed by atoms with van der Waals surface area (Å²) < 4.78 is 16.7. The molecule has 2 rings (SSSR count). The molecule has 2 aromatic rings. The Bertz CT molecular complexity index is 814. The lowest BCUT2D eigenvalue weighted by molar-refractivity contribution is -0.131. The molecule has 0 saturated carbocycles. The molecule has 2 aromatic carbocycles. The third-order valence-electron chi connectivity index (χ3n) is 3.75. The first-order chi connectivity index (χ1) is 12.4. The third kappa shape index (κ3) is 5.43. The summed E-state index contributed by atoms with van der Waals surface area (Å²) in [6, 6.07) is 9.18. The molecule has 0 unspecified atom stereocenters. The Kier molecular flexibility index (Phi) is 6.92. The molecule has 0 fully saturated rings. The topological polar surface area (TPSA) is 65.0 Å². The number of ether oxygens (including phenoxy) is 3. The molecule has 0 atom stereocenters. The number of hydrogen-bond acceptors (Lipinski definition) is 4. The molecule has 0 saturated heterocycles. The van der Waals surface area contributed by atoms with E-state index in [1.165, 1.54) is 18.7 Å². The Morgan fingerprint density at radius 2 is 1.85 bits per heavy atom. The smallest absolute Gasteiger partial charge is 0.328 e. The standard InChI is InChI=1S/C20H21ClO5/c1-13-4-6-16(10-14(13)2)25-8-9-26-20-17(21)11-15(5-7-19(22)23)12-18(20)24-3/h4-7,10-12H,8-9H2,1-3H3,(H,22,23). The van der Waals surface area contributed by atoms with E-state index in [-0.39, 0.29) is 6.61 Å². The Hall–Kier alpha value is -2.66. The number of carboxylic acid groups (broad SMARTS) is 1. The van der Waals surface area contributed by atoms with Crippen LogP contribution in [0.15, 0.2) is 36.4 Å². The Labute approximate surface area is 157 Å². The monoisotopic (exact) mass is 376 g/mol. The molecule has 5 nitrogen and oxygen atoms in total. The number of methoxy groups -OCH3 is 1. The third-order valence-corrected chi connectivity index (χ3v) is 4.03. The summed E-state index contributed by atoms with van der Waals surface area (Å²) in [5.41, 5.74) is 2.98. The first-order valence-corrected chi connectivity index (χ1v) is 8.40. The average Bonchev–Trinajstić information content (AvgIpc) is 2.60. The van der Waals surface area contributed by atoms with Gasteiger partial charge in [0.1, 0.15) is 19.0 Å². The van der Waals surface area contributed by atoms with Gasteiger partial charge in [0.2, 0.25) is 0 Å². The van der Waals surface area contributed by atoms with E-state index < -0.39 is 5.97 Å². The zero-order valence-corrected chi connectivity index (χ0v) is 15.7. The second kappa shape index (κ2) is 9.15. The normalized spacial score (nSPS) is 10.8. The maximum Gasteiger partial charge on any atom is 0.328 e. The molecule has 1 N–H and O–H groups in total. The SMILES string of the molecule is COc1cc(C=CC(=O)O)cc(Cl)c1OCCOc1ccc(C)c(C)c1. The van der Waals surface area contributed by atoms with Crippen molar-refractivity contribution in [3.8, 4) is 17.2 Å². The highest BCUT2D eigenvalue weighted by atomic mass is 35.5. The number of carbonyl (C=O) groups is 1.